The van der Waals surface area contributed by atoms with E-state index in [-0.39, 0.29) is 6.04 Å². The lowest BCUT2D eigenvalue weighted by Crippen LogP contribution is -2.08. The number of aromatic nitrogens is 1. The van der Waals surface area contributed by atoms with Gasteiger partial charge in [-0.3, -0.25) is 0 Å². The van der Waals surface area contributed by atoms with E-state index in [2.05, 4.69) is 4.98 Å². The largest absolute Gasteiger partial charge is 0.349 e. The van der Waals surface area contributed by atoms with Crippen LogP contribution >= 0.6 is 0 Å². The van der Waals surface area contributed by atoms with Gasteiger partial charge in [0.15, 0.2) is 0 Å². The number of H-pyrrole nitrogens is 1. The van der Waals surface area contributed by atoms with Gasteiger partial charge in [0.1, 0.15) is 11.8 Å². The molecule has 0 amide bonds. The molecular weight excluding hydrogens is 138 g/mol. The first kappa shape index (κ1) is 7.83. The van der Waals surface area contributed by atoms with Gasteiger partial charge in [0.05, 0.1) is 0 Å². The summed E-state index contributed by atoms with van der Waals surface area (Å²) < 4.78 is 0. The van der Waals surface area contributed by atoms with Crippen molar-refractivity contribution >= 4 is 0 Å². The predicted molar refractivity (Wildman–Crippen MR) is 42.7 cm³/mol. The maximum atomic E-state index is 8.48. The predicted octanol–water partition coefficient (Wildman–Crippen LogP) is 1.30. The standard InChI is InChI=1S/C8H11N3/c1-2-7(10)8-4-3-6(5-9)11-8/h3-4,7,11H,2,10H2,1H3. The summed E-state index contributed by atoms with van der Waals surface area (Å²) in [4.78, 5) is 2.93. The SMILES string of the molecule is CCC(N)c1ccc(C#N)[nH]1. The van der Waals surface area contributed by atoms with E-state index in [1.165, 1.54) is 0 Å². The van der Waals surface area contributed by atoms with Gasteiger partial charge in [-0.15, -0.1) is 0 Å². The summed E-state index contributed by atoms with van der Waals surface area (Å²) in [5.74, 6) is 0. The van der Waals surface area contributed by atoms with Crippen molar-refractivity contribution in [1.82, 2.24) is 4.98 Å². The lowest BCUT2D eigenvalue weighted by Gasteiger charge is -2.03. The average Bonchev–Trinajstić information content (AvgIpc) is 2.50. The highest BCUT2D eigenvalue weighted by Crippen LogP contribution is 2.11. The first-order chi connectivity index (χ1) is 5.27. The van der Waals surface area contributed by atoms with Crippen molar-refractivity contribution in [3.63, 3.8) is 0 Å². The molecular formula is C8H11N3. The molecule has 1 aromatic heterocycles. The molecule has 0 aliphatic carbocycles. The monoisotopic (exact) mass is 149 g/mol. The van der Waals surface area contributed by atoms with Crippen LogP contribution in [-0.2, 0) is 0 Å². The van der Waals surface area contributed by atoms with E-state index in [1.807, 2.05) is 19.1 Å². The van der Waals surface area contributed by atoms with Crippen molar-refractivity contribution in [2.24, 2.45) is 5.73 Å². The van der Waals surface area contributed by atoms with Crippen LogP contribution in [0.1, 0.15) is 30.8 Å². The highest BCUT2D eigenvalue weighted by Gasteiger charge is 2.04. The topological polar surface area (TPSA) is 65.6 Å². The van der Waals surface area contributed by atoms with Crippen LogP contribution in [-0.4, -0.2) is 4.98 Å². The number of nitrogens with zero attached hydrogens (tertiary/aromatic N) is 1. The van der Waals surface area contributed by atoms with Crippen molar-refractivity contribution in [1.29, 1.82) is 5.26 Å². The highest BCUT2D eigenvalue weighted by molar-refractivity contribution is 5.25. The molecule has 3 N–H and O–H groups in total. The molecule has 0 radical (unpaired) electrons. The maximum absolute atomic E-state index is 8.48. The zero-order chi connectivity index (χ0) is 8.27. The Morgan fingerprint density at radius 3 is 2.91 bits per heavy atom. The molecule has 1 unspecified atom stereocenters. The third-order valence-electron chi connectivity index (χ3n) is 1.67. The molecule has 3 heteroatoms. The van der Waals surface area contributed by atoms with E-state index in [0.717, 1.165) is 12.1 Å². The van der Waals surface area contributed by atoms with Crippen LogP contribution in [0, 0.1) is 11.3 Å². The van der Waals surface area contributed by atoms with Crippen LogP contribution in [0.2, 0.25) is 0 Å². The molecule has 1 atom stereocenters. The third-order valence-corrected chi connectivity index (χ3v) is 1.67. The van der Waals surface area contributed by atoms with E-state index < -0.39 is 0 Å². The molecule has 0 aliphatic rings. The molecule has 1 rings (SSSR count). The fourth-order valence-electron chi connectivity index (χ4n) is 0.913. The van der Waals surface area contributed by atoms with Gasteiger partial charge in [-0.1, -0.05) is 6.92 Å². The summed E-state index contributed by atoms with van der Waals surface area (Å²) >= 11 is 0. The minimum atomic E-state index is 0.0251. The number of aromatic amines is 1. The smallest absolute Gasteiger partial charge is 0.117 e. The Bertz CT molecular complexity index is 269. The molecule has 1 heterocycles. The first-order valence-electron chi connectivity index (χ1n) is 3.62. The van der Waals surface area contributed by atoms with Crippen molar-refractivity contribution in [3.8, 4) is 6.07 Å². The molecule has 3 nitrogen and oxygen atoms in total. The van der Waals surface area contributed by atoms with Crippen LogP contribution < -0.4 is 5.73 Å². The second-order valence-electron chi connectivity index (χ2n) is 2.45. The quantitative estimate of drug-likeness (QED) is 0.665. The number of nitrogens with one attached hydrogen (secondary N) is 1. The van der Waals surface area contributed by atoms with Crippen molar-refractivity contribution in [2.45, 2.75) is 19.4 Å². The van der Waals surface area contributed by atoms with Crippen molar-refractivity contribution < 1.29 is 0 Å². The molecule has 58 valence electrons. The minimum absolute atomic E-state index is 0.0251. The van der Waals surface area contributed by atoms with Crippen LogP contribution in [0.4, 0.5) is 0 Å². The lowest BCUT2D eigenvalue weighted by molar-refractivity contribution is 0.679. The molecule has 0 fully saturated rings. The highest BCUT2D eigenvalue weighted by atomic mass is 14.8. The Morgan fingerprint density at radius 2 is 2.45 bits per heavy atom. The summed E-state index contributed by atoms with van der Waals surface area (Å²) in [5.41, 5.74) is 7.23. The van der Waals surface area contributed by atoms with Crippen LogP contribution in [0.5, 0.6) is 0 Å². The molecule has 11 heavy (non-hydrogen) atoms. The number of nitriles is 1. The fourth-order valence-corrected chi connectivity index (χ4v) is 0.913. The van der Waals surface area contributed by atoms with E-state index in [0.29, 0.717) is 5.69 Å². The van der Waals surface area contributed by atoms with Gasteiger partial charge in [0, 0.05) is 11.7 Å². The fraction of sp³-hybridized carbons (Fsp3) is 0.375. The van der Waals surface area contributed by atoms with E-state index in [4.69, 9.17) is 11.0 Å². The molecule has 0 aliphatic heterocycles. The zero-order valence-electron chi connectivity index (χ0n) is 6.46. The first-order valence-corrected chi connectivity index (χ1v) is 3.62. The zero-order valence-corrected chi connectivity index (χ0v) is 6.46. The van der Waals surface area contributed by atoms with Gasteiger partial charge in [-0.25, -0.2) is 0 Å². The summed E-state index contributed by atoms with van der Waals surface area (Å²) in [6.07, 6.45) is 0.880. The van der Waals surface area contributed by atoms with Crippen LogP contribution in [0.15, 0.2) is 12.1 Å². The number of rotatable bonds is 2. The average molecular weight is 149 g/mol. The Morgan fingerprint density at radius 1 is 1.73 bits per heavy atom. The third kappa shape index (κ3) is 1.60. The Kier molecular flexibility index (Phi) is 2.29. The van der Waals surface area contributed by atoms with Crippen LogP contribution in [0.25, 0.3) is 0 Å². The van der Waals surface area contributed by atoms with E-state index in [9.17, 15) is 0 Å². The Balaban J connectivity index is 2.82. The number of nitrogens with two attached hydrogens (primary N) is 1. The van der Waals surface area contributed by atoms with Gasteiger partial charge in [0.2, 0.25) is 0 Å². The van der Waals surface area contributed by atoms with E-state index >= 15 is 0 Å². The van der Waals surface area contributed by atoms with Gasteiger partial charge in [-0.05, 0) is 18.6 Å². The molecule has 0 aromatic carbocycles. The summed E-state index contributed by atoms with van der Waals surface area (Å²) in [5, 5.41) is 8.48. The van der Waals surface area contributed by atoms with Gasteiger partial charge in [0.25, 0.3) is 0 Å². The van der Waals surface area contributed by atoms with Crippen molar-refractivity contribution in [2.75, 3.05) is 0 Å². The Labute approximate surface area is 65.8 Å². The second-order valence-corrected chi connectivity index (χ2v) is 2.45. The van der Waals surface area contributed by atoms with Crippen LogP contribution in [0.3, 0.4) is 0 Å². The number of hydrogen-bond acceptors (Lipinski definition) is 2. The second kappa shape index (κ2) is 3.22. The molecule has 0 saturated heterocycles. The van der Waals surface area contributed by atoms with Gasteiger partial charge >= 0.3 is 0 Å². The molecule has 1 aromatic rings. The number of hydrogen-bond donors (Lipinski definition) is 2. The van der Waals surface area contributed by atoms with E-state index in [1.54, 1.807) is 6.07 Å². The van der Waals surface area contributed by atoms with Gasteiger partial charge < -0.3 is 10.7 Å². The summed E-state index contributed by atoms with van der Waals surface area (Å²) in [6.45, 7) is 2.01. The molecule has 0 saturated carbocycles. The normalized spacial score (nSPS) is 12.5. The lowest BCUT2D eigenvalue weighted by atomic mass is 10.2. The Hall–Kier alpha value is -1.27. The molecule has 0 bridgehead atoms. The maximum Gasteiger partial charge on any atom is 0.117 e. The summed E-state index contributed by atoms with van der Waals surface area (Å²) in [6, 6.07) is 5.64. The summed E-state index contributed by atoms with van der Waals surface area (Å²) in [7, 11) is 0. The molecule has 0 spiro atoms. The minimum Gasteiger partial charge on any atom is -0.349 e. The van der Waals surface area contributed by atoms with Gasteiger partial charge in [-0.2, -0.15) is 5.26 Å². The van der Waals surface area contributed by atoms with Crippen molar-refractivity contribution in [3.05, 3.63) is 23.5 Å².